The molecule has 0 radical (unpaired) electrons. The Balaban J connectivity index is 1.94. The molecule has 5 nitrogen and oxygen atoms in total. The Labute approximate surface area is 147 Å². The lowest BCUT2D eigenvalue weighted by Gasteiger charge is -2.19. The Bertz CT molecular complexity index is 692. The molecule has 6 heteroatoms. The summed E-state index contributed by atoms with van der Waals surface area (Å²) in [6.07, 6.45) is 0.420. The molecule has 0 spiro atoms. The molecule has 0 heterocycles. The molecule has 0 saturated carbocycles. The Hall–Kier alpha value is -2.60. The quantitative estimate of drug-likeness (QED) is 0.723. The van der Waals surface area contributed by atoms with E-state index in [9.17, 15) is 14.3 Å². The van der Waals surface area contributed by atoms with E-state index in [0.717, 1.165) is 5.56 Å². The van der Waals surface area contributed by atoms with Gasteiger partial charge in [-0.05, 0) is 29.7 Å². The average molecular weight is 345 g/mol. The van der Waals surface area contributed by atoms with Crippen LogP contribution in [0.4, 0.5) is 14.9 Å². The third-order valence-corrected chi connectivity index (χ3v) is 3.87. The Morgan fingerprint density at radius 1 is 1.20 bits per heavy atom. The summed E-state index contributed by atoms with van der Waals surface area (Å²) in [6.45, 7) is 0.189. The second-order valence-corrected chi connectivity index (χ2v) is 5.98. The Morgan fingerprint density at radius 3 is 2.52 bits per heavy atom. The lowest BCUT2D eigenvalue weighted by atomic mass is 10.0. The molecule has 0 fully saturated rings. The molecule has 2 amide bonds. The van der Waals surface area contributed by atoms with E-state index in [1.165, 1.54) is 6.07 Å². The number of rotatable bonds is 7. The van der Waals surface area contributed by atoms with Gasteiger partial charge in [-0.2, -0.15) is 0 Å². The summed E-state index contributed by atoms with van der Waals surface area (Å²) >= 11 is 0. The summed E-state index contributed by atoms with van der Waals surface area (Å²) in [4.78, 5) is 13.8. The van der Waals surface area contributed by atoms with Crippen molar-refractivity contribution in [1.82, 2.24) is 10.6 Å². The van der Waals surface area contributed by atoms with E-state index < -0.39 is 0 Å². The van der Waals surface area contributed by atoms with Gasteiger partial charge in [0.05, 0.1) is 11.7 Å². The van der Waals surface area contributed by atoms with Crippen molar-refractivity contribution in [2.24, 2.45) is 0 Å². The number of amides is 2. The second kappa shape index (κ2) is 9.03. The molecule has 25 heavy (non-hydrogen) atoms. The summed E-state index contributed by atoms with van der Waals surface area (Å²) in [5.41, 5.74) is 2.10. The van der Waals surface area contributed by atoms with E-state index in [1.807, 2.05) is 30.3 Å². The molecule has 3 N–H and O–H groups in total. The van der Waals surface area contributed by atoms with Crippen LogP contribution in [0.1, 0.15) is 23.6 Å². The van der Waals surface area contributed by atoms with E-state index in [2.05, 4.69) is 10.6 Å². The van der Waals surface area contributed by atoms with Gasteiger partial charge in [0, 0.05) is 27.2 Å². The first kappa shape index (κ1) is 18.7. The molecule has 2 rings (SSSR count). The molecular formula is C19H24FN3O2. The van der Waals surface area contributed by atoms with Crippen LogP contribution in [0.25, 0.3) is 0 Å². The van der Waals surface area contributed by atoms with Gasteiger partial charge in [-0.1, -0.05) is 36.4 Å². The monoisotopic (exact) mass is 345 g/mol. The van der Waals surface area contributed by atoms with Crippen molar-refractivity contribution in [3.05, 3.63) is 65.5 Å². The number of aliphatic hydroxyl groups excluding tert-OH is 1. The third kappa shape index (κ3) is 5.46. The zero-order valence-electron chi connectivity index (χ0n) is 14.5. The number of anilines is 1. The van der Waals surface area contributed by atoms with Crippen molar-refractivity contribution in [2.45, 2.75) is 19.0 Å². The van der Waals surface area contributed by atoms with Crippen LogP contribution >= 0.6 is 0 Å². The highest BCUT2D eigenvalue weighted by Gasteiger charge is 2.14. The van der Waals surface area contributed by atoms with Crippen molar-refractivity contribution < 1.29 is 14.3 Å². The maximum Gasteiger partial charge on any atom is 0.315 e. The summed E-state index contributed by atoms with van der Waals surface area (Å²) in [7, 11) is 3.54. The molecule has 1 atom stereocenters. The standard InChI is InChI=1S/C19H24FN3O2/c1-23(2)18-9-8-14(12-16(18)20)13-21-19(25)22-17(10-11-24)15-6-4-3-5-7-15/h3-9,12,17,24H,10-11,13H2,1-2H3,(H2,21,22,25)/t17-/m1/s1. The largest absolute Gasteiger partial charge is 0.396 e. The summed E-state index contributed by atoms with van der Waals surface area (Å²) in [5.74, 6) is -0.327. The van der Waals surface area contributed by atoms with Crippen LogP contribution < -0.4 is 15.5 Å². The van der Waals surface area contributed by atoms with Crippen molar-refractivity contribution >= 4 is 11.7 Å². The van der Waals surface area contributed by atoms with Crippen LogP contribution in [0.3, 0.4) is 0 Å². The van der Waals surface area contributed by atoms with Gasteiger partial charge in [0.25, 0.3) is 0 Å². The number of hydrogen-bond donors (Lipinski definition) is 3. The molecule has 0 aliphatic carbocycles. The van der Waals surface area contributed by atoms with Crippen LogP contribution in [-0.4, -0.2) is 31.8 Å². The molecular weight excluding hydrogens is 321 g/mol. The number of nitrogens with zero attached hydrogens (tertiary/aromatic N) is 1. The van der Waals surface area contributed by atoms with E-state index in [0.29, 0.717) is 17.7 Å². The number of halogens is 1. The lowest BCUT2D eigenvalue weighted by molar-refractivity contribution is 0.229. The number of hydrogen-bond acceptors (Lipinski definition) is 3. The SMILES string of the molecule is CN(C)c1ccc(CNC(=O)N[C@H](CCO)c2ccccc2)cc1F. The topological polar surface area (TPSA) is 64.6 Å². The van der Waals surface area contributed by atoms with Gasteiger partial charge in [-0.15, -0.1) is 0 Å². The van der Waals surface area contributed by atoms with Gasteiger partial charge < -0.3 is 20.6 Å². The van der Waals surface area contributed by atoms with Gasteiger partial charge in [0.1, 0.15) is 5.82 Å². The van der Waals surface area contributed by atoms with Gasteiger partial charge in [0.15, 0.2) is 0 Å². The minimum Gasteiger partial charge on any atom is -0.396 e. The molecule has 0 bridgehead atoms. The smallest absolute Gasteiger partial charge is 0.315 e. The molecule has 0 aliphatic heterocycles. The van der Waals surface area contributed by atoms with Crippen LogP contribution in [-0.2, 0) is 6.54 Å². The fraction of sp³-hybridized carbons (Fsp3) is 0.316. The average Bonchev–Trinajstić information content (AvgIpc) is 2.60. The number of aliphatic hydroxyl groups is 1. The lowest BCUT2D eigenvalue weighted by Crippen LogP contribution is -2.38. The summed E-state index contributed by atoms with van der Waals surface area (Å²) < 4.78 is 14.0. The van der Waals surface area contributed by atoms with Crippen LogP contribution in [0.2, 0.25) is 0 Å². The fourth-order valence-corrected chi connectivity index (χ4v) is 2.55. The highest BCUT2D eigenvalue weighted by molar-refractivity contribution is 5.74. The van der Waals surface area contributed by atoms with Crippen LogP contribution in [0, 0.1) is 5.82 Å². The van der Waals surface area contributed by atoms with E-state index in [4.69, 9.17) is 0 Å². The van der Waals surface area contributed by atoms with E-state index >= 15 is 0 Å². The maximum absolute atomic E-state index is 14.0. The predicted octanol–water partition coefficient (Wildman–Crippen LogP) is 2.81. The number of carbonyl (C=O) groups excluding carboxylic acids is 1. The summed E-state index contributed by atoms with van der Waals surface area (Å²) in [5, 5.41) is 14.8. The van der Waals surface area contributed by atoms with Gasteiger partial charge in [-0.25, -0.2) is 9.18 Å². The maximum atomic E-state index is 14.0. The Kier molecular flexibility index (Phi) is 6.77. The molecule has 0 saturated heterocycles. The van der Waals surface area contributed by atoms with E-state index in [1.54, 1.807) is 31.1 Å². The number of benzene rings is 2. The predicted molar refractivity (Wildman–Crippen MR) is 97.0 cm³/mol. The van der Waals surface area contributed by atoms with Crippen LogP contribution in [0.5, 0.6) is 0 Å². The number of nitrogens with one attached hydrogen (secondary N) is 2. The zero-order valence-corrected chi connectivity index (χ0v) is 14.5. The fourth-order valence-electron chi connectivity index (χ4n) is 2.55. The molecule has 0 aromatic heterocycles. The van der Waals surface area contributed by atoms with E-state index in [-0.39, 0.29) is 31.0 Å². The van der Waals surface area contributed by atoms with Crippen molar-refractivity contribution in [1.29, 1.82) is 0 Å². The third-order valence-electron chi connectivity index (χ3n) is 3.87. The minimum atomic E-state index is -0.362. The zero-order chi connectivity index (χ0) is 18.2. The van der Waals surface area contributed by atoms with Crippen molar-refractivity contribution in [3.8, 4) is 0 Å². The minimum absolute atomic E-state index is 0.0307. The first-order valence-electron chi connectivity index (χ1n) is 8.17. The molecule has 134 valence electrons. The van der Waals surface area contributed by atoms with Gasteiger partial charge >= 0.3 is 6.03 Å². The number of urea groups is 1. The second-order valence-electron chi connectivity index (χ2n) is 5.98. The molecule has 2 aromatic rings. The molecule has 2 aromatic carbocycles. The summed E-state index contributed by atoms with van der Waals surface area (Å²) in [6, 6.07) is 13.7. The first-order chi connectivity index (χ1) is 12.0. The van der Waals surface area contributed by atoms with Gasteiger partial charge in [0.2, 0.25) is 0 Å². The highest BCUT2D eigenvalue weighted by atomic mass is 19.1. The van der Waals surface area contributed by atoms with Crippen molar-refractivity contribution in [2.75, 3.05) is 25.6 Å². The van der Waals surface area contributed by atoms with Crippen LogP contribution in [0.15, 0.2) is 48.5 Å². The Morgan fingerprint density at radius 2 is 1.92 bits per heavy atom. The molecule has 0 unspecified atom stereocenters. The van der Waals surface area contributed by atoms with Crippen molar-refractivity contribution in [3.63, 3.8) is 0 Å². The molecule has 0 aliphatic rings. The first-order valence-corrected chi connectivity index (χ1v) is 8.17. The highest BCUT2D eigenvalue weighted by Crippen LogP contribution is 2.18. The normalized spacial score (nSPS) is 11.7. The number of carbonyl (C=O) groups is 1. The van der Waals surface area contributed by atoms with Gasteiger partial charge in [-0.3, -0.25) is 0 Å².